The first-order chi connectivity index (χ1) is 5.61. The van der Waals surface area contributed by atoms with Crippen LogP contribution in [0.4, 0.5) is 0 Å². The maximum atomic E-state index is 3.95. The Bertz CT molecular complexity index is 231. The monoisotopic (exact) mass is 226 g/mol. The molecule has 0 spiro atoms. The van der Waals surface area contributed by atoms with Crippen molar-refractivity contribution >= 4 is 15.9 Å². The molecule has 0 radical (unpaired) electrons. The molecule has 0 atom stereocenters. The molecule has 0 rings (SSSR count). The van der Waals surface area contributed by atoms with Crippen LogP contribution < -0.4 is 0 Å². The molecule has 12 heavy (non-hydrogen) atoms. The minimum absolute atomic E-state index is 0.871. The van der Waals surface area contributed by atoms with Crippen LogP contribution in [-0.2, 0) is 0 Å². The third-order valence-corrected chi connectivity index (χ3v) is 1.87. The Morgan fingerprint density at radius 1 is 1.33 bits per heavy atom. The molecule has 66 valence electrons. The van der Waals surface area contributed by atoms with E-state index < -0.39 is 0 Å². The molecule has 0 saturated carbocycles. The van der Waals surface area contributed by atoms with Gasteiger partial charge in [-0.15, -0.1) is 0 Å². The Morgan fingerprint density at radius 3 is 2.25 bits per heavy atom. The minimum Gasteiger partial charge on any atom is -0.0915 e. The van der Waals surface area contributed by atoms with E-state index in [1.807, 2.05) is 19.1 Å². The van der Waals surface area contributed by atoms with Crippen LogP contribution >= 0.6 is 15.9 Å². The lowest BCUT2D eigenvalue weighted by molar-refractivity contribution is 1.12. The van der Waals surface area contributed by atoms with Crippen molar-refractivity contribution in [2.75, 3.05) is 0 Å². The lowest BCUT2D eigenvalue weighted by atomic mass is 10.1. The van der Waals surface area contributed by atoms with Crippen molar-refractivity contribution in [3.63, 3.8) is 0 Å². The molecule has 0 N–H and O–H groups in total. The standard InChI is InChI=1S/C11H15Br/c1-5-11(6-2)9(3)7-8-10(4)12/h5,7-8H,3-4,6H2,1-2H3/b8-7-,11-5+. The molecule has 0 aliphatic carbocycles. The Kier molecular flexibility index (Phi) is 5.73. The molecule has 0 heterocycles. The average molecular weight is 227 g/mol. The van der Waals surface area contributed by atoms with E-state index in [4.69, 9.17) is 0 Å². The lowest BCUT2D eigenvalue weighted by Gasteiger charge is -2.01. The molecular weight excluding hydrogens is 212 g/mol. The van der Waals surface area contributed by atoms with Crippen molar-refractivity contribution in [2.45, 2.75) is 20.3 Å². The Labute approximate surface area is 83.5 Å². The van der Waals surface area contributed by atoms with Crippen molar-refractivity contribution in [1.29, 1.82) is 0 Å². The molecule has 0 aromatic rings. The van der Waals surface area contributed by atoms with Crippen molar-refractivity contribution in [3.8, 4) is 0 Å². The zero-order valence-electron chi connectivity index (χ0n) is 7.73. The van der Waals surface area contributed by atoms with E-state index in [1.54, 1.807) is 0 Å². The third-order valence-electron chi connectivity index (χ3n) is 1.61. The van der Waals surface area contributed by atoms with Gasteiger partial charge >= 0.3 is 0 Å². The summed E-state index contributed by atoms with van der Waals surface area (Å²) in [5.74, 6) is 0. The molecule has 0 amide bonds. The predicted octanol–water partition coefficient (Wildman–Crippen LogP) is 4.36. The van der Waals surface area contributed by atoms with Crippen LogP contribution in [0.2, 0.25) is 0 Å². The van der Waals surface area contributed by atoms with Crippen LogP contribution in [0.25, 0.3) is 0 Å². The number of allylic oxidation sites excluding steroid dienone is 6. The molecule has 0 bridgehead atoms. The normalized spacial score (nSPS) is 12.1. The minimum atomic E-state index is 0.871. The van der Waals surface area contributed by atoms with Crippen molar-refractivity contribution in [3.05, 3.63) is 47.0 Å². The largest absolute Gasteiger partial charge is 0.0915 e. The number of hydrogen-bond acceptors (Lipinski definition) is 0. The summed E-state index contributed by atoms with van der Waals surface area (Å²) in [4.78, 5) is 0. The number of hydrogen-bond donors (Lipinski definition) is 0. The van der Waals surface area contributed by atoms with E-state index in [0.29, 0.717) is 0 Å². The summed E-state index contributed by atoms with van der Waals surface area (Å²) in [7, 11) is 0. The second kappa shape index (κ2) is 6.01. The highest BCUT2D eigenvalue weighted by molar-refractivity contribution is 9.11. The third kappa shape index (κ3) is 4.35. The Balaban J connectivity index is 4.31. The van der Waals surface area contributed by atoms with E-state index >= 15 is 0 Å². The summed E-state index contributed by atoms with van der Waals surface area (Å²) >= 11 is 3.25. The van der Waals surface area contributed by atoms with Gasteiger partial charge in [-0.05, 0) is 30.6 Å². The molecule has 1 heteroatoms. The summed E-state index contributed by atoms with van der Waals surface area (Å²) in [6.07, 6.45) is 6.98. The van der Waals surface area contributed by atoms with Crippen LogP contribution in [-0.4, -0.2) is 0 Å². The summed E-state index contributed by atoms with van der Waals surface area (Å²) in [6.45, 7) is 11.8. The highest BCUT2D eigenvalue weighted by Crippen LogP contribution is 2.14. The molecule has 0 aromatic carbocycles. The molecule has 0 saturated heterocycles. The van der Waals surface area contributed by atoms with Gasteiger partial charge in [0.05, 0.1) is 0 Å². The van der Waals surface area contributed by atoms with Gasteiger partial charge in [-0.25, -0.2) is 0 Å². The summed E-state index contributed by atoms with van der Waals surface area (Å²) in [6, 6.07) is 0. The van der Waals surface area contributed by atoms with E-state index in [-0.39, 0.29) is 0 Å². The number of rotatable bonds is 4. The topological polar surface area (TPSA) is 0 Å². The summed E-state index contributed by atoms with van der Waals surface area (Å²) in [5.41, 5.74) is 2.33. The highest BCUT2D eigenvalue weighted by atomic mass is 79.9. The average Bonchev–Trinajstić information content (AvgIpc) is 2.03. The fourth-order valence-electron chi connectivity index (χ4n) is 0.915. The van der Waals surface area contributed by atoms with Crippen molar-refractivity contribution in [2.24, 2.45) is 0 Å². The zero-order valence-corrected chi connectivity index (χ0v) is 9.32. The van der Waals surface area contributed by atoms with Gasteiger partial charge in [0.2, 0.25) is 0 Å². The van der Waals surface area contributed by atoms with Gasteiger partial charge in [-0.2, -0.15) is 0 Å². The van der Waals surface area contributed by atoms with Crippen LogP contribution in [0, 0.1) is 0 Å². The second-order valence-corrected chi connectivity index (χ2v) is 3.49. The number of halogens is 1. The van der Waals surface area contributed by atoms with E-state index in [0.717, 1.165) is 16.5 Å². The highest BCUT2D eigenvalue weighted by Gasteiger charge is 1.93. The fraction of sp³-hybridized carbons (Fsp3) is 0.273. The molecule has 0 aliphatic rings. The predicted molar refractivity (Wildman–Crippen MR) is 60.4 cm³/mol. The smallest absolute Gasteiger partial charge is 0.0103 e. The molecule has 0 aromatic heterocycles. The van der Waals surface area contributed by atoms with Gasteiger partial charge in [0.25, 0.3) is 0 Å². The molecule has 0 aliphatic heterocycles. The molecule has 0 nitrogen and oxygen atoms in total. The van der Waals surface area contributed by atoms with Crippen LogP contribution in [0.1, 0.15) is 20.3 Å². The maximum absolute atomic E-state index is 3.95. The van der Waals surface area contributed by atoms with Gasteiger partial charge in [0.15, 0.2) is 0 Å². The Hall–Kier alpha value is -0.560. The first kappa shape index (κ1) is 11.4. The zero-order chi connectivity index (χ0) is 9.56. The van der Waals surface area contributed by atoms with Gasteiger partial charge in [-0.3, -0.25) is 0 Å². The van der Waals surface area contributed by atoms with Gasteiger partial charge in [0, 0.05) is 4.48 Å². The van der Waals surface area contributed by atoms with Crippen LogP contribution in [0.5, 0.6) is 0 Å². The first-order valence-corrected chi connectivity index (χ1v) is 4.78. The van der Waals surface area contributed by atoms with Gasteiger partial charge in [-0.1, -0.05) is 48.2 Å². The second-order valence-electron chi connectivity index (χ2n) is 2.47. The van der Waals surface area contributed by atoms with Crippen molar-refractivity contribution < 1.29 is 0 Å². The Morgan fingerprint density at radius 2 is 1.92 bits per heavy atom. The van der Waals surface area contributed by atoms with Crippen molar-refractivity contribution in [1.82, 2.24) is 0 Å². The van der Waals surface area contributed by atoms with Gasteiger partial charge in [0.1, 0.15) is 0 Å². The lowest BCUT2D eigenvalue weighted by Crippen LogP contribution is -1.81. The summed E-state index contributed by atoms with van der Waals surface area (Å²) < 4.78 is 0.871. The SMILES string of the molecule is C=C(Br)/C=C\C(=C)/C(=C/C)CC. The fourth-order valence-corrected chi connectivity index (χ4v) is 1.05. The van der Waals surface area contributed by atoms with Crippen LogP contribution in [0.15, 0.2) is 47.0 Å². The quantitative estimate of drug-likeness (QED) is 0.626. The summed E-state index contributed by atoms with van der Waals surface area (Å²) in [5, 5.41) is 0. The van der Waals surface area contributed by atoms with E-state index in [2.05, 4.69) is 42.1 Å². The first-order valence-electron chi connectivity index (χ1n) is 3.98. The van der Waals surface area contributed by atoms with E-state index in [1.165, 1.54) is 5.57 Å². The van der Waals surface area contributed by atoms with Crippen LogP contribution in [0.3, 0.4) is 0 Å². The van der Waals surface area contributed by atoms with E-state index in [9.17, 15) is 0 Å². The molecular formula is C11H15Br. The molecule has 0 unspecified atom stereocenters. The molecule has 0 fully saturated rings. The maximum Gasteiger partial charge on any atom is 0.0103 e. The van der Waals surface area contributed by atoms with Gasteiger partial charge < -0.3 is 0 Å².